The average molecular weight is 224 g/mol. The van der Waals surface area contributed by atoms with Crippen molar-refractivity contribution in [2.24, 2.45) is 16.8 Å². The van der Waals surface area contributed by atoms with Crippen LogP contribution in [0.3, 0.4) is 0 Å². The van der Waals surface area contributed by atoms with Crippen molar-refractivity contribution in [1.82, 2.24) is 0 Å². The minimum absolute atomic E-state index is 0.148. The Kier molecular flexibility index (Phi) is 4.44. The van der Waals surface area contributed by atoms with Crippen molar-refractivity contribution in [3.05, 3.63) is 24.3 Å². The van der Waals surface area contributed by atoms with Gasteiger partial charge in [0.15, 0.2) is 11.5 Å². The molecule has 0 aliphatic heterocycles. The summed E-state index contributed by atoms with van der Waals surface area (Å²) in [4.78, 5) is 0. The number of rotatable bonds is 5. The quantitative estimate of drug-likeness (QED) is 0.343. The van der Waals surface area contributed by atoms with E-state index in [1.54, 1.807) is 13.2 Å². The number of amidine groups is 1. The molecule has 1 unspecified atom stereocenters. The molecule has 0 aliphatic rings. The van der Waals surface area contributed by atoms with E-state index in [-0.39, 0.29) is 11.8 Å². The van der Waals surface area contributed by atoms with Crippen molar-refractivity contribution in [3.8, 4) is 11.5 Å². The fourth-order valence-corrected chi connectivity index (χ4v) is 1.14. The van der Waals surface area contributed by atoms with E-state index in [4.69, 9.17) is 20.4 Å². The highest BCUT2D eigenvalue weighted by Crippen LogP contribution is 2.26. The Morgan fingerprint density at radius 2 is 2.06 bits per heavy atom. The van der Waals surface area contributed by atoms with Crippen molar-refractivity contribution < 1.29 is 14.7 Å². The van der Waals surface area contributed by atoms with Crippen molar-refractivity contribution in [1.29, 1.82) is 0 Å². The first-order valence-corrected chi connectivity index (χ1v) is 4.92. The number of methoxy groups -OCH3 is 1. The monoisotopic (exact) mass is 224 g/mol. The molecule has 1 rings (SSSR count). The predicted octanol–water partition coefficient (Wildman–Crippen LogP) is 1.46. The van der Waals surface area contributed by atoms with Crippen LogP contribution in [0.4, 0.5) is 0 Å². The summed E-state index contributed by atoms with van der Waals surface area (Å²) >= 11 is 0. The van der Waals surface area contributed by atoms with E-state index in [9.17, 15) is 0 Å². The second-order valence-electron chi connectivity index (χ2n) is 3.39. The smallest absolute Gasteiger partial charge is 0.161 e. The van der Waals surface area contributed by atoms with Crippen LogP contribution in [0.1, 0.15) is 6.92 Å². The molecule has 0 bridgehead atoms. The molecular weight excluding hydrogens is 208 g/mol. The van der Waals surface area contributed by atoms with Crippen LogP contribution in [-0.2, 0) is 0 Å². The van der Waals surface area contributed by atoms with Gasteiger partial charge in [0, 0.05) is 0 Å². The third-order valence-electron chi connectivity index (χ3n) is 2.18. The van der Waals surface area contributed by atoms with E-state index < -0.39 is 0 Å². The fraction of sp³-hybridized carbons (Fsp3) is 0.364. The maximum absolute atomic E-state index is 8.49. The van der Waals surface area contributed by atoms with E-state index >= 15 is 0 Å². The number of nitrogens with two attached hydrogens (primary N) is 1. The normalized spacial score (nSPS) is 13.2. The summed E-state index contributed by atoms with van der Waals surface area (Å²) in [6.07, 6.45) is 0. The highest BCUT2D eigenvalue weighted by Gasteiger charge is 2.10. The molecule has 0 saturated carbocycles. The van der Waals surface area contributed by atoms with Gasteiger partial charge in [-0.3, -0.25) is 0 Å². The topological polar surface area (TPSA) is 77.1 Å². The zero-order chi connectivity index (χ0) is 12.0. The molecule has 1 aromatic carbocycles. The molecule has 5 nitrogen and oxygen atoms in total. The molecule has 0 amide bonds. The Bertz CT molecular complexity index is 366. The van der Waals surface area contributed by atoms with Gasteiger partial charge in [-0.25, -0.2) is 0 Å². The van der Waals surface area contributed by atoms with Gasteiger partial charge in [0.1, 0.15) is 5.84 Å². The van der Waals surface area contributed by atoms with Gasteiger partial charge in [0.2, 0.25) is 0 Å². The van der Waals surface area contributed by atoms with Crippen molar-refractivity contribution in [2.45, 2.75) is 6.92 Å². The summed E-state index contributed by atoms with van der Waals surface area (Å²) in [6.45, 7) is 2.14. The SMILES string of the molecule is COc1ccccc1OCC(C)/C(N)=N/O. The Hall–Kier alpha value is -1.91. The Morgan fingerprint density at radius 3 is 2.62 bits per heavy atom. The summed E-state index contributed by atoms with van der Waals surface area (Å²) < 4.78 is 10.6. The number of oxime groups is 1. The molecule has 0 radical (unpaired) electrons. The summed E-state index contributed by atoms with van der Waals surface area (Å²) in [5.41, 5.74) is 5.44. The van der Waals surface area contributed by atoms with E-state index in [0.29, 0.717) is 18.1 Å². The fourth-order valence-electron chi connectivity index (χ4n) is 1.14. The minimum atomic E-state index is -0.157. The highest BCUT2D eigenvalue weighted by molar-refractivity contribution is 5.81. The van der Waals surface area contributed by atoms with Gasteiger partial charge in [-0.05, 0) is 12.1 Å². The van der Waals surface area contributed by atoms with Gasteiger partial charge < -0.3 is 20.4 Å². The third-order valence-corrected chi connectivity index (χ3v) is 2.18. The molecule has 5 heteroatoms. The number of nitrogens with zero attached hydrogens (tertiary/aromatic N) is 1. The molecule has 16 heavy (non-hydrogen) atoms. The lowest BCUT2D eigenvalue weighted by Crippen LogP contribution is -2.26. The van der Waals surface area contributed by atoms with Crippen molar-refractivity contribution >= 4 is 5.84 Å². The van der Waals surface area contributed by atoms with E-state index in [1.807, 2.05) is 25.1 Å². The lowest BCUT2D eigenvalue weighted by molar-refractivity contribution is 0.266. The van der Waals surface area contributed by atoms with E-state index in [1.165, 1.54) is 0 Å². The number of para-hydroxylation sites is 2. The summed E-state index contributed by atoms with van der Waals surface area (Å²) in [5.74, 6) is 1.29. The van der Waals surface area contributed by atoms with Crippen LogP contribution < -0.4 is 15.2 Å². The highest BCUT2D eigenvalue weighted by atomic mass is 16.5. The van der Waals surface area contributed by atoms with Crippen LogP contribution in [0.25, 0.3) is 0 Å². The predicted molar refractivity (Wildman–Crippen MR) is 61.1 cm³/mol. The number of ether oxygens (including phenoxy) is 2. The Balaban J connectivity index is 2.61. The maximum Gasteiger partial charge on any atom is 0.161 e. The van der Waals surface area contributed by atoms with Gasteiger partial charge >= 0.3 is 0 Å². The lowest BCUT2D eigenvalue weighted by Gasteiger charge is -2.13. The van der Waals surface area contributed by atoms with Crippen LogP contribution in [0.15, 0.2) is 29.4 Å². The number of hydrogen-bond acceptors (Lipinski definition) is 4. The molecule has 0 heterocycles. The Morgan fingerprint density at radius 1 is 1.44 bits per heavy atom. The first-order chi connectivity index (χ1) is 7.69. The largest absolute Gasteiger partial charge is 0.493 e. The summed E-state index contributed by atoms with van der Waals surface area (Å²) in [7, 11) is 1.58. The standard InChI is InChI=1S/C11H16N2O3/c1-8(11(12)13-14)7-16-10-6-4-3-5-9(10)15-2/h3-6,8,14H,7H2,1-2H3,(H2,12,13). The molecule has 0 spiro atoms. The lowest BCUT2D eigenvalue weighted by atomic mass is 10.2. The van der Waals surface area contributed by atoms with Crippen LogP contribution in [0, 0.1) is 5.92 Å². The van der Waals surface area contributed by atoms with Crippen LogP contribution in [0.2, 0.25) is 0 Å². The first kappa shape index (κ1) is 12.2. The minimum Gasteiger partial charge on any atom is -0.493 e. The number of hydrogen-bond donors (Lipinski definition) is 2. The van der Waals surface area contributed by atoms with E-state index in [0.717, 1.165) is 0 Å². The van der Waals surface area contributed by atoms with E-state index in [2.05, 4.69) is 5.16 Å². The molecule has 0 fully saturated rings. The van der Waals surface area contributed by atoms with Crippen LogP contribution >= 0.6 is 0 Å². The van der Waals surface area contributed by atoms with Crippen molar-refractivity contribution in [2.75, 3.05) is 13.7 Å². The second-order valence-corrected chi connectivity index (χ2v) is 3.39. The molecule has 88 valence electrons. The number of benzene rings is 1. The molecule has 0 saturated heterocycles. The van der Waals surface area contributed by atoms with Gasteiger partial charge in [0.25, 0.3) is 0 Å². The first-order valence-electron chi connectivity index (χ1n) is 4.92. The Labute approximate surface area is 94.5 Å². The van der Waals surface area contributed by atoms with Gasteiger partial charge in [-0.2, -0.15) is 0 Å². The maximum atomic E-state index is 8.49. The van der Waals surface area contributed by atoms with Gasteiger partial charge in [0.05, 0.1) is 19.6 Å². The van der Waals surface area contributed by atoms with Gasteiger partial charge in [-0.1, -0.05) is 24.2 Å². The summed E-state index contributed by atoms with van der Waals surface area (Å²) in [5, 5.41) is 11.4. The molecule has 3 N–H and O–H groups in total. The molecular formula is C11H16N2O3. The third kappa shape index (κ3) is 3.05. The molecule has 1 aromatic rings. The second kappa shape index (κ2) is 5.85. The zero-order valence-electron chi connectivity index (χ0n) is 9.38. The molecule has 0 aliphatic carbocycles. The zero-order valence-corrected chi connectivity index (χ0v) is 9.38. The molecule has 1 atom stereocenters. The van der Waals surface area contributed by atoms with Gasteiger partial charge in [-0.15, -0.1) is 0 Å². The average Bonchev–Trinajstić information content (AvgIpc) is 2.35. The van der Waals surface area contributed by atoms with Crippen LogP contribution in [-0.4, -0.2) is 24.8 Å². The van der Waals surface area contributed by atoms with Crippen LogP contribution in [0.5, 0.6) is 11.5 Å². The van der Waals surface area contributed by atoms with Crippen molar-refractivity contribution in [3.63, 3.8) is 0 Å². The summed E-state index contributed by atoms with van der Waals surface area (Å²) in [6, 6.07) is 7.33. The molecule has 0 aromatic heterocycles.